The monoisotopic (exact) mass is 682 g/mol. The molecule has 6 heterocycles. The van der Waals surface area contributed by atoms with Gasteiger partial charge in [0.1, 0.15) is 0 Å². The van der Waals surface area contributed by atoms with E-state index in [-0.39, 0.29) is 23.9 Å². The quantitative estimate of drug-likeness (QED) is 0.187. The minimum atomic E-state index is -0.995. The van der Waals surface area contributed by atoms with Crippen LogP contribution in [0.5, 0.6) is 0 Å². The maximum absolute atomic E-state index is 14.6. The number of carbonyl (C=O) groups is 2. The van der Waals surface area contributed by atoms with E-state index in [1.165, 1.54) is 0 Å². The van der Waals surface area contributed by atoms with Crippen molar-refractivity contribution in [2.75, 3.05) is 13.2 Å². The SMILES string of the molecule is C[C@@]12OC[C@@H](c3ccccc3)N1C(=O)c1ccc(-c3ccc4c(n3)-c3ccccc3[C@]3(C)OC[C@@H](c5ccccc5)N3C4=O)nc1-c1ccccc12. The Bertz CT molecular complexity index is 2260. The molecule has 2 aromatic heterocycles. The number of nitrogens with zero attached hydrogens (tertiary/aromatic N) is 4. The number of pyridine rings is 2. The van der Waals surface area contributed by atoms with E-state index in [0.29, 0.717) is 47.1 Å². The van der Waals surface area contributed by atoms with E-state index in [1.54, 1.807) is 0 Å². The van der Waals surface area contributed by atoms with Gasteiger partial charge in [0.2, 0.25) is 0 Å². The van der Waals surface area contributed by atoms with E-state index < -0.39 is 11.4 Å². The van der Waals surface area contributed by atoms with Crippen LogP contribution in [0.25, 0.3) is 33.9 Å². The van der Waals surface area contributed by atoms with Crippen molar-refractivity contribution in [3.63, 3.8) is 0 Å². The lowest BCUT2D eigenvalue weighted by Gasteiger charge is -2.36. The molecule has 0 bridgehead atoms. The van der Waals surface area contributed by atoms with Gasteiger partial charge < -0.3 is 9.47 Å². The van der Waals surface area contributed by atoms with Gasteiger partial charge in [-0.25, -0.2) is 9.97 Å². The zero-order valence-corrected chi connectivity index (χ0v) is 28.7. The van der Waals surface area contributed by atoms with E-state index in [9.17, 15) is 9.59 Å². The number of carbonyl (C=O) groups excluding carboxylic acids is 2. The van der Waals surface area contributed by atoms with Crippen LogP contribution in [-0.2, 0) is 20.9 Å². The van der Waals surface area contributed by atoms with Gasteiger partial charge in [-0.3, -0.25) is 19.4 Å². The highest BCUT2D eigenvalue weighted by Crippen LogP contribution is 2.52. The van der Waals surface area contributed by atoms with Gasteiger partial charge in [-0.05, 0) is 49.2 Å². The van der Waals surface area contributed by atoms with Gasteiger partial charge in [-0.2, -0.15) is 0 Å². The molecule has 4 aromatic carbocycles. The number of hydrogen-bond donors (Lipinski definition) is 0. The second kappa shape index (κ2) is 11.3. The molecule has 2 amide bonds. The zero-order valence-electron chi connectivity index (χ0n) is 28.7. The number of fused-ring (bicyclic) bond motifs is 10. The number of hydrogen-bond acceptors (Lipinski definition) is 6. The van der Waals surface area contributed by atoms with Gasteiger partial charge in [-0.1, -0.05) is 109 Å². The molecule has 0 aliphatic carbocycles. The molecule has 2 saturated heterocycles. The first kappa shape index (κ1) is 30.8. The van der Waals surface area contributed by atoms with Crippen molar-refractivity contribution in [3.05, 3.63) is 167 Å². The number of benzene rings is 4. The largest absolute Gasteiger partial charge is 0.349 e. The second-order valence-electron chi connectivity index (χ2n) is 14.1. The summed E-state index contributed by atoms with van der Waals surface area (Å²) >= 11 is 0. The Kier molecular flexibility index (Phi) is 6.68. The van der Waals surface area contributed by atoms with Gasteiger partial charge in [-0.15, -0.1) is 0 Å². The minimum Gasteiger partial charge on any atom is -0.349 e. The summed E-state index contributed by atoms with van der Waals surface area (Å²) in [4.78, 5) is 43.3. The Morgan fingerprint density at radius 1 is 0.500 bits per heavy atom. The average Bonchev–Trinajstić information content (AvgIpc) is 3.71. The average molecular weight is 683 g/mol. The fourth-order valence-corrected chi connectivity index (χ4v) is 8.70. The summed E-state index contributed by atoms with van der Waals surface area (Å²) in [7, 11) is 0. The van der Waals surface area contributed by atoms with Crippen LogP contribution in [0.2, 0.25) is 0 Å². The van der Waals surface area contributed by atoms with Crippen LogP contribution in [0.4, 0.5) is 0 Å². The van der Waals surface area contributed by atoms with Crippen LogP contribution >= 0.6 is 0 Å². The van der Waals surface area contributed by atoms with E-state index in [2.05, 4.69) is 0 Å². The van der Waals surface area contributed by atoms with Crippen LogP contribution in [0.1, 0.15) is 68.9 Å². The Hall–Kier alpha value is -5.96. The molecule has 8 heteroatoms. The topological polar surface area (TPSA) is 84.9 Å². The van der Waals surface area contributed by atoms with Crippen molar-refractivity contribution < 1.29 is 19.1 Å². The van der Waals surface area contributed by atoms with Crippen molar-refractivity contribution in [1.82, 2.24) is 19.8 Å². The standard InChI is InChI=1S/C44H34N4O4/c1-43-33-19-11-9-17-29(33)39-31(41(49)47(43)37(25-51-43)27-13-5-3-6-14-27)21-23-35(45-39)36-24-22-32-40(46-36)30-18-10-12-20-34(30)44(2)48(42(32)50)38(26-52-44)28-15-7-4-8-16-28/h3-24,37-38H,25-26H2,1-2H3/t37-,38-,43-,44-/m0/s1. The predicted molar refractivity (Wildman–Crippen MR) is 196 cm³/mol. The maximum atomic E-state index is 14.6. The molecule has 4 atom stereocenters. The van der Waals surface area contributed by atoms with Gasteiger partial charge in [0, 0.05) is 22.3 Å². The molecule has 52 heavy (non-hydrogen) atoms. The highest BCUT2D eigenvalue weighted by Gasteiger charge is 2.53. The lowest BCUT2D eigenvalue weighted by molar-refractivity contribution is -0.0603. The Balaban J connectivity index is 1.11. The van der Waals surface area contributed by atoms with Crippen molar-refractivity contribution >= 4 is 11.8 Å². The van der Waals surface area contributed by atoms with Crippen LogP contribution in [0, 0.1) is 0 Å². The number of ether oxygens (including phenoxy) is 2. The summed E-state index contributed by atoms with van der Waals surface area (Å²) in [6.45, 7) is 4.71. The summed E-state index contributed by atoms with van der Waals surface area (Å²) in [5.74, 6) is -0.286. The van der Waals surface area contributed by atoms with E-state index in [0.717, 1.165) is 33.4 Å². The lowest BCUT2D eigenvalue weighted by atomic mass is 9.94. The smallest absolute Gasteiger partial charge is 0.259 e. The third kappa shape index (κ3) is 4.28. The van der Waals surface area contributed by atoms with Crippen molar-refractivity contribution in [2.24, 2.45) is 0 Å². The van der Waals surface area contributed by atoms with Gasteiger partial charge in [0.05, 0.1) is 59.2 Å². The van der Waals surface area contributed by atoms with Gasteiger partial charge >= 0.3 is 0 Å². The van der Waals surface area contributed by atoms with Crippen LogP contribution in [-0.4, -0.2) is 44.8 Å². The predicted octanol–water partition coefficient (Wildman–Crippen LogP) is 8.28. The molecule has 0 N–H and O–H groups in total. The summed E-state index contributed by atoms with van der Waals surface area (Å²) in [5.41, 5.74) is 6.80. The van der Waals surface area contributed by atoms with Crippen LogP contribution in [0.3, 0.4) is 0 Å². The molecule has 4 aliphatic rings. The minimum absolute atomic E-state index is 0.143. The van der Waals surface area contributed by atoms with E-state index in [4.69, 9.17) is 19.4 Å². The van der Waals surface area contributed by atoms with Crippen LogP contribution in [0.15, 0.2) is 133 Å². The highest BCUT2D eigenvalue weighted by atomic mass is 16.5. The van der Waals surface area contributed by atoms with E-state index >= 15 is 0 Å². The number of aromatic nitrogens is 2. The lowest BCUT2D eigenvalue weighted by Crippen LogP contribution is -2.44. The Morgan fingerprint density at radius 2 is 0.885 bits per heavy atom. The first-order valence-electron chi connectivity index (χ1n) is 17.6. The summed E-state index contributed by atoms with van der Waals surface area (Å²) in [6, 6.07) is 42.9. The molecule has 254 valence electrons. The fourth-order valence-electron chi connectivity index (χ4n) is 8.70. The third-order valence-electron chi connectivity index (χ3n) is 11.3. The van der Waals surface area contributed by atoms with Crippen molar-refractivity contribution in [2.45, 2.75) is 37.4 Å². The summed E-state index contributed by atoms with van der Waals surface area (Å²) in [6.07, 6.45) is 0. The molecule has 4 aliphatic heterocycles. The molecular weight excluding hydrogens is 649 g/mol. The number of rotatable bonds is 3. The second-order valence-corrected chi connectivity index (χ2v) is 14.1. The molecule has 6 aromatic rings. The maximum Gasteiger partial charge on any atom is 0.259 e. The molecule has 0 spiro atoms. The van der Waals surface area contributed by atoms with E-state index in [1.807, 2.05) is 157 Å². The number of amides is 2. The van der Waals surface area contributed by atoms with Gasteiger partial charge in [0.15, 0.2) is 11.4 Å². The zero-order chi connectivity index (χ0) is 35.2. The molecule has 8 nitrogen and oxygen atoms in total. The summed E-state index contributed by atoms with van der Waals surface area (Å²) < 4.78 is 13.1. The molecule has 10 rings (SSSR count). The van der Waals surface area contributed by atoms with Crippen molar-refractivity contribution in [3.8, 4) is 33.9 Å². The highest BCUT2D eigenvalue weighted by molar-refractivity contribution is 6.04. The van der Waals surface area contributed by atoms with Gasteiger partial charge in [0.25, 0.3) is 11.8 Å². The molecule has 2 fully saturated rings. The fraction of sp³-hybridized carbons (Fsp3) is 0.182. The molecule has 0 saturated carbocycles. The Morgan fingerprint density at radius 3 is 1.31 bits per heavy atom. The Labute approximate surface area is 301 Å². The first-order valence-corrected chi connectivity index (χ1v) is 17.6. The summed E-state index contributed by atoms with van der Waals surface area (Å²) in [5, 5.41) is 0. The molecular formula is C44H34N4O4. The molecule has 0 radical (unpaired) electrons. The normalized spacial score (nSPS) is 24.2. The van der Waals surface area contributed by atoms with Crippen LogP contribution < -0.4 is 0 Å². The van der Waals surface area contributed by atoms with Crippen molar-refractivity contribution in [1.29, 1.82) is 0 Å². The first-order chi connectivity index (χ1) is 25.4. The third-order valence-corrected chi connectivity index (χ3v) is 11.3. The molecule has 0 unspecified atom stereocenters.